The van der Waals surface area contributed by atoms with E-state index < -0.39 is 0 Å². The smallest absolute Gasteiger partial charge is 0.283 e. The molecule has 1 fully saturated rings. The second-order valence-corrected chi connectivity index (χ2v) is 8.29. The van der Waals surface area contributed by atoms with Gasteiger partial charge in [-0.05, 0) is 38.5 Å². The Morgan fingerprint density at radius 3 is 2.87 bits per heavy atom. The van der Waals surface area contributed by atoms with Crippen LogP contribution in [0.3, 0.4) is 0 Å². The van der Waals surface area contributed by atoms with Crippen molar-refractivity contribution in [2.24, 2.45) is 4.99 Å². The van der Waals surface area contributed by atoms with Gasteiger partial charge in [-0.2, -0.15) is 4.99 Å². The van der Waals surface area contributed by atoms with Gasteiger partial charge in [0.25, 0.3) is 5.91 Å². The van der Waals surface area contributed by atoms with E-state index in [0.717, 1.165) is 31.1 Å². The van der Waals surface area contributed by atoms with E-state index in [0.29, 0.717) is 16.3 Å². The quantitative estimate of drug-likeness (QED) is 0.782. The maximum atomic E-state index is 12.6. The molecule has 0 unspecified atom stereocenters. The standard InChI is InChI=1S/C17H23ClN2O2S/c1-5-6-9-20-11-17(2,3)23-16(20)19-15(21)13-8-7-12(18)10-14(13)22-4/h7-8,10H,5-6,9,11H2,1-4H3. The number of halogens is 1. The predicted molar refractivity (Wildman–Crippen MR) is 97.9 cm³/mol. The average molecular weight is 355 g/mol. The largest absolute Gasteiger partial charge is 0.496 e. The van der Waals surface area contributed by atoms with Crippen LogP contribution in [-0.4, -0.2) is 40.9 Å². The number of amidine groups is 1. The highest BCUT2D eigenvalue weighted by Crippen LogP contribution is 2.36. The van der Waals surface area contributed by atoms with Crippen LogP contribution in [0.15, 0.2) is 23.2 Å². The lowest BCUT2D eigenvalue weighted by Gasteiger charge is -2.19. The zero-order valence-electron chi connectivity index (χ0n) is 14.1. The monoisotopic (exact) mass is 354 g/mol. The number of ether oxygens (including phenoxy) is 1. The summed E-state index contributed by atoms with van der Waals surface area (Å²) in [4.78, 5) is 19.1. The number of amides is 1. The van der Waals surface area contributed by atoms with Crippen molar-refractivity contribution in [1.82, 2.24) is 4.90 Å². The molecular weight excluding hydrogens is 332 g/mol. The molecule has 6 heteroatoms. The molecule has 0 radical (unpaired) electrons. The van der Waals surface area contributed by atoms with Crippen LogP contribution < -0.4 is 4.74 Å². The Labute approximate surface area is 147 Å². The summed E-state index contributed by atoms with van der Waals surface area (Å²) in [5.74, 6) is 0.162. The van der Waals surface area contributed by atoms with Gasteiger partial charge in [0.2, 0.25) is 0 Å². The van der Waals surface area contributed by atoms with E-state index in [1.54, 1.807) is 30.0 Å². The molecule has 0 aliphatic carbocycles. The first-order valence-corrected chi connectivity index (χ1v) is 8.96. The van der Waals surface area contributed by atoms with E-state index in [2.05, 4.69) is 30.7 Å². The van der Waals surface area contributed by atoms with Gasteiger partial charge in [0.15, 0.2) is 5.17 Å². The van der Waals surface area contributed by atoms with E-state index >= 15 is 0 Å². The topological polar surface area (TPSA) is 41.9 Å². The summed E-state index contributed by atoms with van der Waals surface area (Å²) >= 11 is 7.60. The number of unbranched alkanes of at least 4 members (excludes halogenated alkanes) is 1. The van der Waals surface area contributed by atoms with Crippen molar-refractivity contribution in [3.8, 4) is 5.75 Å². The molecular formula is C17H23ClN2O2S. The molecule has 1 aliphatic heterocycles. The number of rotatable bonds is 5. The summed E-state index contributed by atoms with van der Waals surface area (Å²) in [5.41, 5.74) is 0.435. The maximum absolute atomic E-state index is 12.6. The molecule has 1 aliphatic rings. The highest BCUT2D eigenvalue weighted by molar-refractivity contribution is 8.15. The summed E-state index contributed by atoms with van der Waals surface area (Å²) in [6, 6.07) is 4.97. The van der Waals surface area contributed by atoms with Gasteiger partial charge < -0.3 is 9.64 Å². The lowest BCUT2D eigenvalue weighted by atomic mass is 10.2. The molecule has 2 rings (SSSR count). The average Bonchev–Trinajstić information content (AvgIpc) is 2.78. The third-order valence-electron chi connectivity index (χ3n) is 3.58. The zero-order chi connectivity index (χ0) is 17.0. The van der Waals surface area contributed by atoms with Crippen LogP contribution in [0.4, 0.5) is 0 Å². The molecule has 1 amide bonds. The number of carbonyl (C=O) groups excluding carboxylic acids is 1. The van der Waals surface area contributed by atoms with Crippen LogP contribution in [0, 0.1) is 0 Å². The lowest BCUT2D eigenvalue weighted by Crippen LogP contribution is -2.30. The van der Waals surface area contributed by atoms with Crippen LogP contribution in [0.25, 0.3) is 0 Å². The summed E-state index contributed by atoms with van der Waals surface area (Å²) in [6.45, 7) is 8.34. The van der Waals surface area contributed by atoms with Gasteiger partial charge in [0, 0.05) is 22.9 Å². The van der Waals surface area contributed by atoms with E-state index in [4.69, 9.17) is 16.3 Å². The first-order valence-electron chi connectivity index (χ1n) is 7.77. The Morgan fingerprint density at radius 1 is 1.48 bits per heavy atom. The molecule has 1 aromatic rings. The van der Waals surface area contributed by atoms with Crippen molar-refractivity contribution in [3.63, 3.8) is 0 Å². The minimum absolute atomic E-state index is 0.0664. The molecule has 4 nitrogen and oxygen atoms in total. The molecule has 1 aromatic carbocycles. The van der Waals surface area contributed by atoms with Crippen LogP contribution >= 0.6 is 23.4 Å². The van der Waals surface area contributed by atoms with Gasteiger partial charge in [-0.15, -0.1) is 0 Å². The molecule has 126 valence electrons. The molecule has 0 saturated carbocycles. The minimum Gasteiger partial charge on any atom is -0.496 e. The second kappa shape index (κ2) is 7.58. The van der Waals surface area contributed by atoms with E-state index in [1.165, 1.54) is 7.11 Å². The predicted octanol–water partition coefficient (Wildman–Crippen LogP) is 4.47. The van der Waals surface area contributed by atoms with Gasteiger partial charge in [0.05, 0.1) is 12.7 Å². The third kappa shape index (κ3) is 4.64. The number of nitrogens with zero attached hydrogens (tertiary/aromatic N) is 2. The number of aliphatic imine (C=N–C) groups is 1. The molecule has 0 aromatic heterocycles. The first kappa shape index (κ1) is 18.1. The Bertz CT molecular complexity index is 617. The summed E-state index contributed by atoms with van der Waals surface area (Å²) in [5, 5.41) is 1.33. The molecule has 0 spiro atoms. The van der Waals surface area contributed by atoms with Crippen molar-refractivity contribution in [2.75, 3.05) is 20.2 Å². The Hall–Kier alpha value is -1.20. The molecule has 0 N–H and O–H groups in total. The molecule has 23 heavy (non-hydrogen) atoms. The number of thioether (sulfide) groups is 1. The number of hydrogen-bond acceptors (Lipinski definition) is 3. The number of hydrogen-bond donors (Lipinski definition) is 0. The molecule has 1 saturated heterocycles. The molecule has 1 heterocycles. The lowest BCUT2D eigenvalue weighted by molar-refractivity contribution is 0.0999. The summed E-state index contributed by atoms with van der Waals surface area (Å²) in [6.07, 6.45) is 2.21. The van der Waals surface area contributed by atoms with Gasteiger partial charge in [-0.3, -0.25) is 4.79 Å². The summed E-state index contributed by atoms with van der Waals surface area (Å²) < 4.78 is 5.32. The van der Waals surface area contributed by atoms with Crippen LogP contribution in [0.1, 0.15) is 44.0 Å². The van der Waals surface area contributed by atoms with E-state index in [1.807, 2.05) is 0 Å². The van der Waals surface area contributed by atoms with Gasteiger partial charge in [-0.25, -0.2) is 0 Å². The fraction of sp³-hybridized carbons (Fsp3) is 0.529. The third-order valence-corrected chi connectivity index (χ3v) is 5.03. The van der Waals surface area contributed by atoms with Crippen molar-refractivity contribution in [1.29, 1.82) is 0 Å². The van der Waals surface area contributed by atoms with Gasteiger partial charge in [-0.1, -0.05) is 36.7 Å². The maximum Gasteiger partial charge on any atom is 0.283 e. The Kier molecular flexibility index (Phi) is 5.98. The highest BCUT2D eigenvalue weighted by atomic mass is 35.5. The van der Waals surface area contributed by atoms with Crippen molar-refractivity contribution in [3.05, 3.63) is 28.8 Å². The van der Waals surface area contributed by atoms with E-state index in [-0.39, 0.29) is 10.7 Å². The van der Waals surface area contributed by atoms with Crippen molar-refractivity contribution >= 4 is 34.4 Å². The fourth-order valence-electron chi connectivity index (χ4n) is 2.48. The van der Waals surface area contributed by atoms with Crippen molar-refractivity contribution < 1.29 is 9.53 Å². The minimum atomic E-state index is -0.291. The number of carbonyl (C=O) groups is 1. The first-order chi connectivity index (χ1) is 10.9. The highest BCUT2D eigenvalue weighted by Gasteiger charge is 2.35. The number of benzene rings is 1. The Balaban J connectivity index is 2.26. The zero-order valence-corrected chi connectivity index (χ0v) is 15.6. The summed E-state index contributed by atoms with van der Waals surface area (Å²) in [7, 11) is 1.52. The number of methoxy groups -OCH3 is 1. The van der Waals surface area contributed by atoms with Gasteiger partial charge in [0.1, 0.15) is 5.75 Å². The van der Waals surface area contributed by atoms with Crippen LogP contribution in [-0.2, 0) is 0 Å². The van der Waals surface area contributed by atoms with E-state index in [9.17, 15) is 4.79 Å². The van der Waals surface area contributed by atoms with Crippen LogP contribution in [0.2, 0.25) is 5.02 Å². The second-order valence-electron chi connectivity index (χ2n) is 6.18. The normalized spacial score (nSPS) is 18.5. The van der Waals surface area contributed by atoms with Crippen LogP contribution in [0.5, 0.6) is 5.75 Å². The Morgan fingerprint density at radius 2 is 2.22 bits per heavy atom. The molecule has 0 atom stereocenters. The van der Waals surface area contributed by atoms with Gasteiger partial charge >= 0.3 is 0 Å². The SMILES string of the molecule is CCCCN1CC(C)(C)SC1=NC(=O)c1ccc(Cl)cc1OC. The van der Waals surface area contributed by atoms with Crippen molar-refractivity contribution in [2.45, 2.75) is 38.4 Å². The fourth-order valence-corrected chi connectivity index (χ4v) is 3.77. The molecule has 0 bridgehead atoms.